The van der Waals surface area contributed by atoms with Crippen molar-refractivity contribution in [1.82, 2.24) is 0 Å². The average Bonchev–Trinajstić information content (AvgIpc) is 3.53. The second-order valence-corrected chi connectivity index (χ2v) is 11.2. The fourth-order valence-corrected chi connectivity index (χ4v) is 5.99. The van der Waals surface area contributed by atoms with Gasteiger partial charge in [0.25, 0.3) is 0 Å². The van der Waals surface area contributed by atoms with Crippen molar-refractivity contribution in [2.45, 2.75) is 89.8 Å². The molecule has 0 aliphatic heterocycles. The van der Waals surface area contributed by atoms with Crippen LogP contribution in [-0.4, -0.2) is 41.8 Å². The van der Waals surface area contributed by atoms with Crippen molar-refractivity contribution in [2.24, 2.45) is 11.8 Å². The molecule has 0 amide bonds. The molecule has 0 spiro atoms. The first kappa shape index (κ1) is 30.5. The molecule has 41 heavy (non-hydrogen) atoms. The molecule has 7 heteroatoms. The molecule has 7 nitrogen and oxygen atoms in total. The van der Waals surface area contributed by atoms with Crippen LogP contribution in [0.1, 0.15) is 104 Å². The normalized spacial score (nSPS) is 21.8. The summed E-state index contributed by atoms with van der Waals surface area (Å²) in [4.78, 5) is 36.7. The summed E-state index contributed by atoms with van der Waals surface area (Å²) in [5, 5.41) is 8.78. The second kappa shape index (κ2) is 15.5. The summed E-state index contributed by atoms with van der Waals surface area (Å²) < 4.78 is 17.7. The first-order valence-corrected chi connectivity index (χ1v) is 15.0. The zero-order chi connectivity index (χ0) is 29.0. The number of benzene rings is 2. The van der Waals surface area contributed by atoms with Crippen LogP contribution < -0.4 is 0 Å². The van der Waals surface area contributed by atoms with Crippen LogP contribution in [0.3, 0.4) is 0 Å². The molecule has 0 unspecified atom stereocenters. The summed E-state index contributed by atoms with van der Waals surface area (Å²) in [5.74, 6) is -0.216. The van der Waals surface area contributed by atoms with E-state index in [2.05, 4.69) is 6.92 Å². The lowest BCUT2D eigenvalue weighted by Gasteiger charge is -2.17. The van der Waals surface area contributed by atoms with E-state index in [1.807, 2.05) is 18.2 Å². The zero-order valence-electron chi connectivity index (χ0n) is 24.0. The Hall–Kier alpha value is -3.45. The summed E-state index contributed by atoms with van der Waals surface area (Å²) in [7, 11) is 0. The molecule has 4 atom stereocenters. The van der Waals surface area contributed by atoms with Gasteiger partial charge in [0.15, 0.2) is 0 Å². The van der Waals surface area contributed by atoms with E-state index in [0.29, 0.717) is 47.3 Å². The molecule has 1 N–H and O–H groups in total. The van der Waals surface area contributed by atoms with Gasteiger partial charge >= 0.3 is 17.9 Å². The Morgan fingerprint density at radius 2 is 1.49 bits per heavy atom. The maximum atomic E-state index is 13.1. The van der Waals surface area contributed by atoms with Gasteiger partial charge in [0, 0.05) is 18.6 Å². The van der Waals surface area contributed by atoms with Crippen LogP contribution >= 0.6 is 0 Å². The van der Waals surface area contributed by atoms with Gasteiger partial charge in [-0.2, -0.15) is 0 Å². The van der Waals surface area contributed by atoms with Crippen LogP contribution in [0, 0.1) is 11.8 Å². The third-order valence-electron chi connectivity index (χ3n) is 8.07. The fourth-order valence-electron chi connectivity index (χ4n) is 5.99. The summed E-state index contributed by atoms with van der Waals surface area (Å²) in [6.07, 6.45) is 11.4. The van der Waals surface area contributed by atoms with Crippen LogP contribution in [0.5, 0.6) is 0 Å². The topological polar surface area (TPSA) is 99.1 Å². The Bertz CT molecular complexity index is 1170. The van der Waals surface area contributed by atoms with E-state index in [9.17, 15) is 14.4 Å². The first-order chi connectivity index (χ1) is 19.9. The predicted molar refractivity (Wildman–Crippen MR) is 156 cm³/mol. The van der Waals surface area contributed by atoms with Crippen molar-refractivity contribution >= 4 is 23.7 Å². The molecule has 2 aliphatic carbocycles. The lowest BCUT2D eigenvalue weighted by atomic mass is 10.0. The molecule has 220 valence electrons. The molecule has 0 heterocycles. The van der Waals surface area contributed by atoms with Crippen molar-refractivity contribution in [1.29, 1.82) is 0 Å². The molecule has 2 aromatic carbocycles. The quantitative estimate of drug-likeness (QED) is 0.137. The zero-order valence-corrected chi connectivity index (χ0v) is 24.0. The molecule has 2 saturated carbocycles. The van der Waals surface area contributed by atoms with Crippen molar-refractivity contribution in [2.75, 3.05) is 6.61 Å². The Kier molecular flexibility index (Phi) is 11.6. The minimum absolute atomic E-state index is 0.126. The van der Waals surface area contributed by atoms with Gasteiger partial charge < -0.3 is 19.3 Å². The summed E-state index contributed by atoms with van der Waals surface area (Å²) in [5.41, 5.74) is 1.58. The lowest BCUT2D eigenvalue weighted by Crippen LogP contribution is -2.18. The molecule has 4 rings (SSSR count). The number of carboxylic acid groups (broad SMARTS) is 1. The number of carboxylic acids is 1. The van der Waals surface area contributed by atoms with E-state index in [4.69, 9.17) is 19.3 Å². The van der Waals surface area contributed by atoms with E-state index in [1.54, 1.807) is 42.5 Å². The molecule has 2 aromatic rings. The SMILES string of the molecule is CCCCCCC=C(OC(=O)c1ccccc1)c1cccc(C(=O)O[C@@H]2C[C@H]3C[C@@H](OCCCC(=O)O)C[C@H]3C2)c1. The number of fused-ring (bicyclic) bond motifs is 1. The second-order valence-electron chi connectivity index (χ2n) is 11.2. The largest absolute Gasteiger partial charge is 0.481 e. The lowest BCUT2D eigenvalue weighted by molar-refractivity contribution is -0.137. The number of aliphatic carboxylic acids is 1. The van der Waals surface area contributed by atoms with Crippen molar-refractivity contribution in [3.8, 4) is 0 Å². The van der Waals surface area contributed by atoms with Gasteiger partial charge in [0.05, 0.1) is 17.2 Å². The number of ether oxygens (including phenoxy) is 3. The molecule has 2 aliphatic rings. The number of carbonyl (C=O) groups is 3. The van der Waals surface area contributed by atoms with Crippen LogP contribution in [0.2, 0.25) is 0 Å². The Morgan fingerprint density at radius 1 is 0.805 bits per heavy atom. The average molecular weight is 563 g/mol. The number of hydrogen-bond acceptors (Lipinski definition) is 6. The molecule has 0 radical (unpaired) electrons. The van der Waals surface area contributed by atoms with Crippen LogP contribution in [-0.2, 0) is 19.0 Å². The number of unbranched alkanes of at least 4 members (excludes halogenated alkanes) is 4. The molecular formula is C34H42O7. The predicted octanol–water partition coefficient (Wildman–Crippen LogP) is 7.45. The number of esters is 2. The Morgan fingerprint density at radius 3 is 2.20 bits per heavy atom. The molecule has 0 saturated heterocycles. The van der Waals surface area contributed by atoms with Crippen molar-refractivity contribution in [3.63, 3.8) is 0 Å². The number of rotatable bonds is 15. The highest BCUT2D eigenvalue weighted by atomic mass is 16.5. The van der Waals surface area contributed by atoms with E-state index >= 15 is 0 Å². The third kappa shape index (κ3) is 9.28. The molecule has 0 bridgehead atoms. The highest BCUT2D eigenvalue weighted by Crippen LogP contribution is 2.46. The van der Waals surface area contributed by atoms with E-state index in [-0.39, 0.29) is 24.6 Å². The standard InChI is InChI=1S/C34H42O7/c1-2-3-4-5-9-16-31(41-33(37)24-12-7-6-8-13-24)25-14-10-15-26(19-25)34(38)40-30-22-27-20-29(21-28(27)23-30)39-18-11-17-32(35)36/h6-8,10,12-16,19,27-30H,2-5,9,11,17-18,20-23H2,1H3,(H,35,36)/t27-,28+,29-,30-. The Labute approximate surface area is 242 Å². The number of hydrogen-bond donors (Lipinski definition) is 1. The minimum Gasteiger partial charge on any atom is -0.481 e. The smallest absolute Gasteiger partial charge is 0.343 e. The minimum atomic E-state index is -0.796. The van der Waals surface area contributed by atoms with E-state index in [1.165, 1.54) is 0 Å². The van der Waals surface area contributed by atoms with Gasteiger partial charge in [-0.3, -0.25) is 4.79 Å². The van der Waals surface area contributed by atoms with Gasteiger partial charge in [0.2, 0.25) is 0 Å². The van der Waals surface area contributed by atoms with E-state index < -0.39 is 11.9 Å². The van der Waals surface area contributed by atoms with Crippen molar-refractivity contribution in [3.05, 3.63) is 77.4 Å². The summed E-state index contributed by atoms with van der Waals surface area (Å²) in [6, 6.07) is 16.0. The molecule has 0 aromatic heterocycles. The Balaban J connectivity index is 1.34. The number of carbonyl (C=O) groups excluding carboxylic acids is 2. The van der Waals surface area contributed by atoms with Gasteiger partial charge in [-0.15, -0.1) is 0 Å². The highest BCUT2D eigenvalue weighted by Gasteiger charge is 2.43. The fraction of sp³-hybridized carbons (Fsp3) is 0.500. The maximum Gasteiger partial charge on any atom is 0.343 e. The van der Waals surface area contributed by atoms with Crippen LogP contribution in [0.15, 0.2) is 60.7 Å². The van der Waals surface area contributed by atoms with Gasteiger partial charge in [-0.25, -0.2) is 9.59 Å². The van der Waals surface area contributed by atoms with Crippen LogP contribution in [0.4, 0.5) is 0 Å². The van der Waals surface area contributed by atoms with Gasteiger partial charge in [-0.1, -0.05) is 56.5 Å². The monoisotopic (exact) mass is 562 g/mol. The number of allylic oxidation sites excluding steroid dienone is 1. The van der Waals surface area contributed by atoms with Crippen molar-refractivity contribution < 1.29 is 33.7 Å². The van der Waals surface area contributed by atoms with Gasteiger partial charge in [-0.05, 0) is 87.1 Å². The first-order valence-electron chi connectivity index (χ1n) is 15.0. The highest BCUT2D eigenvalue weighted by molar-refractivity contribution is 5.94. The molecular weight excluding hydrogens is 520 g/mol. The third-order valence-corrected chi connectivity index (χ3v) is 8.07. The van der Waals surface area contributed by atoms with Gasteiger partial charge in [0.1, 0.15) is 11.9 Å². The maximum absolute atomic E-state index is 13.1. The van der Waals surface area contributed by atoms with Crippen LogP contribution in [0.25, 0.3) is 5.76 Å². The summed E-state index contributed by atoms with van der Waals surface area (Å²) in [6.45, 7) is 2.64. The molecule has 2 fully saturated rings. The van der Waals surface area contributed by atoms with E-state index in [0.717, 1.165) is 57.8 Å². The summed E-state index contributed by atoms with van der Waals surface area (Å²) >= 11 is 0.